The molecule has 1 aliphatic rings. The highest BCUT2D eigenvalue weighted by Gasteiger charge is 2.36. The van der Waals surface area contributed by atoms with Crippen molar-refractivity contribution in [1.82, 2.24) is 5.32 Å². The maximum Gasteiger partial charge on any atom is 0.240 e. The summed E-state index contributed by atoms with van der Waals surface area (Å²) in [5.41, 5.74) is 12.3. The molecule has 0 spiro atoms. The third-order valence-electron chi connectivity index (χ3n) is 5.07. The minimum absolute atomic E-state index is 0.128. The molecule has 156 valence electrons. The normalized spacial score (nSPS) is 18.8. The zero-order valence-electron chi connectivity index (χ0n) is 17.8. The summed E-state index contributed by atoms with van der Waals surface area (Å²) < 4.78 is 0. The van der Waals surface area contributed by atoms with E-state index in [0.29, 0.717) is 12.1 Å². The van der Waals surface area contributed by atoms with Gasteiger partial charge in [-0.15, -0.1) is 0 Å². The molecule has 0 bridgehead atoms. The number of aryl methyl sites for hydroxylation is 1. The minimum Gasteiger partial charge on any atom is -0.350 e. The summed E-state index contributed by atoms with van der Waals surface area (Å²) in [5.74, 6) is -0.750. The van der Waals surface area contributed by atoms with Gasteiger partial charge in [-0.05, 0) is 62.4 Å². The SMILES string of the molecule is Cc1ccc2c(c1)N(CC(=O)NC(C)(C)C)C(=O)C(N=[N+]=[N-])CC2c1ccccc1. The van der Waals surface area contributed by atoms with Crippen LogP contribution in [0.25, 0.3) is 10.4 Å². The van der Waals surface area contributed by atoms with E-state index in [1.807, 2.05) is 76.2 Å². The van der Waals surface area contributed by atoms with E-state index < -0.39 is 11.6 Å². The molecule has 2 atom stereocenters. The van der Waals surface area contributed by atoms with Crippen LogP contribution in [-0.2, 0) is 9.59 Å². The van der Waals surface area contributed by atoms with E-state index in [0.717, 1.165) is 16.7 Å². The molecule has 0 aliphatic carbocycles. The average molecular weight is 406 g/mol. The number of hydrogen-bond donors (Lipinski definition) is 1. The van der Waals surface area contributed by atoms with Gasteiger partial charge in [-0.3, -0.25) is 9.59 Å². The Morgan fingerprint density at radius 3 is 2.57 bits per heavy atom. The average Bonchev–Trinajstić information content (AvgIpc) is 2.78. The standard InChI is InChI=1S/C23H27N5O2/c1-15-10-11-17-18(16-8-6-5-7-9-16)13-19(26-27-24)22(30)28(20(17)12-15)14-21(29)25-23(2,3)4/h5-12,18-19H,13-14H2,1-4H3,(H,25,29). The smallest absolute Gasteiger partial charge is 0.240 e. The summed E-state index contributed by atoms with van der Waals surface area (Å²) in [6, 6.07) is 14.9. The van der Waals surface area contributed by atoms with E-state index in [4.69, 9.17) is 5.53 Å². The number of nitrogens with one attached hydrogen (secondary N) is 1. The van der Waals surface area contributed by atoms with Gasteiger partial charge in [0.1, 0.15) is 12.6 Å². The van der Waals surface area contributed by atoms with Crippen molar-refractivity contribution in [3.63, 3.8) is 0 Å². The lowest BCUT2D eigenvalue weighted by Gasteiger charge is -2.27. The molecule has 2 amide bonds. The Balaban J connectivity index is 2.12. The molecule has 30 heavy (non-hydrogen) atoms. The Bertz CT molecular complexity index is 990. The number of benzene rings is 2. The molecular formula is C23H27N5O2. The predicted molar refractivity (Wildman–Crippen MR) is 117 cm³/mol. The lowest BCUT2D eigenvalue weighted by Crippen LogP contribution is -2.49. The van der Waals surface area contributed by atoms with Gasteiger partial charge in [-0.1, -0.05) is 47.6 Å². The quantitative estimate of drug-likeness (QED) is 0.461. The molecule has 1 heterocycles. The number of carbonyl (C=O) groups is 2. The first-order chi connectivity index (χ1) is 14.2. The number of nitrogens with zero attached hydrogens (tertiary/aromatic N) is 4. The van der Waals surface area contributed by atoms with Crippen molar-refractivity contribution in [2.45, 2.75) is 51.6 Å². The first-order valence-electron chi connectivity index (χ1n) is 10.0. The third kappa shape index (κ3) is 4.81. The Labute approximate surface area is 176 Å². The Morgan fingerprint density at radius 2 is 1.93 bits per heavy atom. The molecule has 3 rings (SSSR count). The predicted octanol–water partition coefficient (Wildman–Crippen LogP) is 4.46. The van der Waals surface area contributed by atoms with Gasteiger partial charge in [0.2, 0.25) is 11.8 Å². The highest BCUT2D eigenvalue weighted by molar-refractivity contribution is 6.03. The van der Waals surface area contributed by atoms with Crippen LogP contribution in [0.4, 0.5) is 5.69 Å². The van der Waals surface area contributed by atoms with Gasteiger partial charge in [0.05, 0.1) is 0 Å². The van der Waals surface area contributed by atoms with Crippen molar-refractivity contribution in [2.24, 2.45) is 5.11 Å². The maximum absolute atomic E-state index is 13.4. The molecule has 2 aromatic carbocycles. The second-order valence-electron chi connectivity index (χ2n) is 8.70. The summed E-state index contributed by atoms with van der Waals surface area (Å²) in [6.45, 7) is 7.49. The Morgan fingerprint density at radius 1 is 1.23 bits per heavy atom. The monoisotopic (exact) mass is 405 g/mol. The zero-order valence-corrected chi connectivity index (χ0v) is 17.8. The summed E-state index contributed by atoms with van der Waals surface area (Å²) in [7, 11) is 0. The number of rotatable bonds is 4. The molecule has 7 heteroatoms. The molecule has 0 saturated carbocycles. The Hall–Kier alpha value is -3.31. The molecular weight excluding hydrogens is 378 g/mol. The number of carbonyl (C=O) groups excluding carboxylic acids is 2. The number of amides is 2. The Kier molecular flexibility index (Phi) is 6.13. The van der Waals surface area contributed by atoms with Crippen LogP contribution in [0, 0.1) is 6.92 Å². The first-order valence-corrected chi connectivity index (χ1v) is 10.0. The molecule has 0 aromatic heterocycles. The van der Waals surface area contributed by atoms with E-state index in [-0.39, 0.29) is 24.3 Å². The molecule has 7 nitrogen and oxygen atoms in total. The lowest BCUT2D eigenvalue weighted by molar-refractivity contribution is -0.125. The molecule has 0 fully saturated rings. The van der Waals surface area contributed by atoms with Crippen molar-refractivity contribution >= 4 is 17.5 Å². The number of anilines is 1. The number of fused-ring (bicyclic) bond motifs is 1. The van der Waals surface area contributed by atoms with E-state index in [1.54, 1.807) is 0 Å². The van der Waals surface area contributed by atoms with E-state index in [9.17, 15) is 9.59 Å². The lowest BCUT2D eigenvalue weighted by atomic mass is 9.86. The number of hydrogen-bond acceptors (Lipinski definition) is 3. The summed E-state index contributed by atoms with van der Waals surface area (Å²) in [6.07, 6.45) is 0.348. The van der Waals surface area contributed by atoms with Gasteiger partial charge < -0.3 is 10.2 Å². The fourth-order valence-electron chi connectivity index (χ4n) is 3.86. The van der Waals surface area contributed by atoms with E-state index in [1.165, 1.54) is 4.90 Å². The van der Waals surface area contributed by atoms with Crippen LogP contribution in [0.1, 0.15) is 49.8 Å². The van der Waals surface area contributed by atoms with Crippen LogP contribution in [0.2, 0.25) is 0 Å². The number of azide groups is 1. The molecule has 2 aromatic rings. The fraction of sp³-hybridized carbons (Fsp3) is 0.391. The largest absolute Gasteiger partial charge is 0.350 e. The van der Waals surface area contributed by atoms with Gasteiger partial charge in [0.25, 0.3) is 0 Å². The second kappa shape index (κ2) is 8.59. The summed E-state index contributed by atoms with van der Waals surface area (Å²) >= 11 is 0. The van der Waals surface area contributed by atoms with Crippen LogP contribution < -0.4 is 10.2 Å². The van der Waals surface area contributed by atoms with Gasteiger partial charge in [-0.2, -0.15) is 0 Å². The van der Waals surface area contributed by atoms with Gasteiger partial charge in [0, 0.05) is 22.1 Å². The van der Waals surface area contributed by atoms with Crippen molar-refractivity contribution in [3.8, 4) is 0 Å². The first kappa shape index (κ1) is 21.4. The van der Waals surface area contributed by atoms with Crippen LogP contribution >= 0.6 is 0 Å². The second-order valence-corrected chi connectivity index (χ2v) is 8.70. The van der Waals surface area contributed by atoms with Crippen LogP contribution in [0.3, 0.4) is 0 Å². The van der Waals surface area contributed by atoms with Gasteiger partial charge in [0.15, 0.2) is 0 Å². The van der Waals surface area contributed by atoms with E-state index >= 15 is 0 Å². The van der Waals surface area contributed by atoms with Crippen LogP contribution in [0.5, 0.6) is 0 Å². The van der Waals surface area contributed by atoms with Gasteiger partial charge >= 0.3 is 0 Å². The van der Waals surface area contributed by atoms with Gasteiger partial charge in [-0.25, -0.2) is 0 Å². The fourth-order valence-corrected chi connectivity index (χ4v) is 3.86. The highest BCUT2D eigenvalue weighted by Crippen LogP contribution is 2.40. The van der Waals surface area contributed by atoms with Crippen LogP contribution in [0.15, 0.2) is 53.6 Å². The molecule has 0 saturated heterocycles. The van der Waals surface area contributed by atoms with Crippen molar-refractivity contribution in [3.05, 3.63) is 75.7 Å². The molecule has 0 radical (unpaired) electrons. The van der Waals surface area contributed by atoms with Crippen LogP contribution in [-0.4, -0.2) is 29.9 Å². The van der Waals surface area contributed by atoms with Crippen molar-refractivity contribution < 1.29 is 9.59 Å². The topological polar surface area (TPSA) is 98.2 Å². The summed E-state index contributed by atoms with van der Waals surface area (Å²) in [5, 5.41) is 6.70. The highest BCUT2D eigenvalue weighted by atomic mass is 16.2. The van der Waals surface area contributed by atoms with Crippen molar-refractivity contribution in [1.29, 1.82) is 0 Å². The zero-order chi connectivity index (χ0) is 21.9. The molecule has 2 unspecified atom stereocenters. The minimum atomic E-state index is -0.893. The summed E-state index contributed by atoms with van der Waals surface area (Å²) in [4.78, 5) is 30.4. The molecule has 1 aliphatic heterocycles. The van der Waals surface area contributed by atoms with Crippen molar-refractivity contribution in [2.75, 3.05) is 11.4 Å². The third-order valence-corrected chi connectivity index (χ3v) is 5.07. The van der Waals surface area contributed by atoms with E-state index in [2.05, 4.69) is 15.3 Å². The molecule has 1 N–H and O–H groups in total. The maximum atomic E-state index is 13.4.